The van der Waals surface area contributed by atoms with Crippen LogP contribution in [0.3, 0.4) is 0 Å². The number of aromatic nitrogens is 2. The van der Waals surface area contributed by atoms with Gasteiger partial charge in [0.25, 0.3) is 0 Å². The van der Waals surface area contributed by atoms with Gasteiger partial charge in [-0.2, -0.15) is 5.10 Å². The van der Waals surface area contributed by atoms with Crippen molar-refractivity contribution >= 4 is 10.0 Å². The van der Waals surface area contributed by atoms with Crippen LogP contribution in [-0.4, -0.2) is 25.7 Å². The molecule has 21 heavy (non-hydrogen) atoms. The predicted molar refractivity (Wildman–Crippen MR) is 71.7 cm³/mol. The second-order valence-corrected chi connectivity index (χ2v) is 6.03. The molecule has 2 aromatic rings. The average Bonchev–Trinajstić information content (AvgIpc) is 2.94. The highest BCUT2D eigenvalue weighted by Crippen LogP contribution is 2.21. The van der Waals surface area contributed by atoms with E-state index in [0.29, 0.717) is 5.56 Å². The molecule has 1 aromatic heterocycles. The van der Waals surface area contributed by atoms with E-state index in [0.717, 1.165) is 12.1 Å². The summed E-state index contributed by atoms with van der Waals surface area (Å²) in [7, 11) is -2.57. The van der Waals surface area contributed by atoms with Crippen molar-refractivity contribution in [3.63, 3.8) is 0 Å². The van der Waals surface area contributed by atoms with Crippen LogP contribution in [0.1, 0.15) is 11.1 Å². The first-order chi connectivity index (χ1) is 9.95. The van der Waals surface area contributed by atoms with Gasteiger partial charge in [0.2, 0.25) is 10.0 Å². The summed E-state index contributed by atoms with van der Waals surface area (Å²) in [6, 6.07) is 1.84. The number of hydrogen-bond donors (Lipinski definition) is 3. The van der Waals surface area contributed by atoms with Crippen molar-refractivity contribution in [2.24, 2.45) is 0 Å². The van der Waals surface area contributed by atoms with Crippen LogP contribution in [0, 0.1) is 11.6 Å². The van der Waals surface area contributed by atoms with Crippen molar-refractivity contribution in [3.8, 4) is 0 Å². The molecule has 114 valence electrons. The smallest absolute Gasteiger partial charge is 0.243 e. The molecule has 0 aliphatic heterocycles. The van der Waals surface area contributed by atoms with Crippen LogP contribution in [0.5, 0.6) is 0 Å². The topological polar surface area (TPSA) is 86.9 Å². The number of hydrogen-bond acceptors (Lipinski definition) is 4. The molecule has 9 heteroatoms. The lowest BCUT2D eigenvalue weighted by molar-refractivity contribution is 0.518. The molecule has 0 atom stereocenters. The lowest BCUT2D eigenvalue weighted by Gasteiger charge is -2.10. The molecule has 0 spiro atoms. The standard InChI is InChI=1S/C12H14F2N4O2S/c1-15-7-9-10(13)2-3-11(12(9)14)21(19,20)18-6-8-4-16-17-5-8/h2-5,15,18H,6-7H2,1H3,(H,16,17). The van der Waals surface area contributed by atoms with Gasteiger partial charge in [-0.1, -0.05) is 0 Å². The van der Waals surface area contributed by atoms with Crippen molar-refractivity contribution in [1.82, 2.24) is 20.2 Å². The fraction of sp³-hybridized carbons (Fsp3) is 0.250. The molecule has 0 saturated carbocycles. The predicted octanol–water partition coefficient (Wildman–Crippen LogP) is 0.886. The van der Waals surface area contributed by atoms with Gasteiger partial charge in [-0.3, -0.25) is 5.10 Å². The van der Waals surface area contributed by atoms with Gasteiger partial charge in [-0.25, -0.2) is 21.9 Å². The van der Waals surface area contributed by atoms with E-state index in [1.165, 1.54) is 19.4 Å². The molecule has 6 nitrogen and oxygen atoms in total. The molecule has 0 bridgehead atoms. The summed E-state index contributed by atoms with van der Waals surface area (Å²) in [5, 5.41) is 8.80. The van der Waals surface area contributed by atoms with Crippen LogP contribution < -0.4 is 10.0 Å². The molecule has 2 rings (SSSR count). The van der Waals surface area contributed by atoms with Gasteiger partial charge < -0.3 is 5.32 Å². The minimum absolute atomic E-state index is 0.0446. The van der Waals surface area contributed by atoms with Gasteiger partial charge >= 0.3 is 0 Å². The summed E-state index contributed by atoms with van der Waals surface area (Å²) in [6.07, 6.45) is 2.95. The van der Waals surface area contributed by atoms with Crippen LogP contribution in [0.4, 0.5) is 8.78 Å². The minimum atomic E-state index is -4.09. The third-order valence-electron chi connectivity index (χ3n) is 2.81. The van der Waals surface area contributed by atoms with Crippen molar-refractivity contribution < 1.29 is 17.2 Å². The van der Waals surface area contributed by atoms with Crippen LogP contribution in [0.15, 0.2) is 29.4 Å². The maximum atomic E-state index is 14.2. The molecule has 0 aliphatic carbocycles. The molecule has 0 radical (unpaired) electrons. The number of benzene rings is 1. The van der Waals surface area contributed by atoms with E-state index in [-0.39, 0.29) is 18.7 Å². The summed E-state index contributed by atoms with van der Waals surface area (Å²) in [5.41, 5.74) is 0.278. The van der Waals surface area contributed by atoms with E-state index in [4.69, 9.17) is 0 Å². The number of aromatic amines is 1. The number of sulfonamides is 1. The SMILES string of the molecule is CNCc1c(F)ccc(S(=O)(=O)NCc2cn[nH]c2)c1F. The normalized spacial score (nSPS) is 11.8. The third-order valence-corrected chi connectivity index (χ3v) is 4.23. The van der Waals surface area contributed by atoms with Crippen LogP contribution in [0.25, 0.3) is 0 Å². The van der Waals surface area contributed by atoms with Crippen LogP contribution >= 0.6 is 0 Å². The van der Waals surface area contributed by atoms with Gasteiger partial charge in [0.1, 0.15) is 10.7 Å². The lowest BCUT2D eigenvalue weighted by Crippen LogP contribution is -2.25. The molecule has 0 fully saturated rings. The fourth-order valence-corrected chi connectivity index (χ4v) is 2.87. The van der Waals surface area contributed by atoms with E-state index >= 15 is 0 Å². The van der Waals surface area contributed by atoms with E-state index in [1.807, 2.05) is 0 Å². The zero-order valence-corrected chi connectivity index (χ0v) is 12.0. The molecule has 3 N–H and O–H groups in total. The first-order valence-corrected chi connectivity index (χ1v) is 7.53. The zero-order chi connectivity index (χ0) is 15.5. The Morgan fingerprint density at radius 1 is 1.29 bits per heavy atom. The summed E-state index contributed by atoms with van der Waals surface area (Å²) in [6.45, 7) is -0.153. The van der Waals surface area contributed by atoms with Crippen LogP contribution in [0.2, 0.25) is 0 Å². The Balaban J connectivity index is 2.29. The van der Waals surface area contributed by atoms with Crippen molar-refractivity contribution in [3.05, 3.63) is 47.3 Å². The maximum absolute atomic E-state index is 14.2. The van der Waals surface area contributed by atoms with Crippen molar-refractivity contribution in [1.29, 1.82) is 0 Å². The Labute approximate surface area is 120 Å². The molecule has 0 aliphatic rings. The highest BCUT2D eigenvalue weighted by molar-refractivity contribution is 7.89. The van der Waals surface area contributed by atoms with E-state index in [9.17, 15) is 17.2 Å². The lowest BCUT2D eigenvalue weighted by atomic mass is 10.2. The summed E-state index contributed by atoms with van der Waals surface area (Å²) in [4.78, 5) is -0.586. The van der Waals surface area contributed by atoms with Crippen molar-refractivity contribution in [2.45, 2.75) is 18.0 Å². The first kappa shape index (κ1) is 15.5. The Kier molecular flexibility index (Phi) is 4.66. The molecule has 1 aromatic carbocycles. The second kappa shape index (κ2) is 6.29. The molecule has 1 heterocycles. The number of nitrogens with one attached hydrogen (secondary N) is 3. The molecular formula is C12H14F2N4O2S. The fourth-order valence-electron chi connectivity index (χ4n) is 1.75. The Morgan fingerprint density at radius 3 is 2.67 bits per heavy atom. The quantitative estimate of drug-likeness (QED) is 0.738. The van der Waals surface area contributed by atoms with Crippen molar-refractivity contribution in [2.75, 3.05) is 7.05 Å². The highest BCUT2D eigenvalue weighted by atomic mass is 32.2. The Morgan fingerprint density at radius 2 is 2.05 bits per heavy atom. The number of H-pyrrole nitrogens is 1. The number of rotatable bonds is 6. The van der Waals surface area contributed by atoms with E-state index in [2.05, 4.69) is 20.2 Å². The van der Waals surface area contributed by atoms with Gasteiger partial charge in [0.05, 0.1) is 6.20 Å². The zero-order valence-electron chi connectivity index (χ0n) is 11.2. The summed E-state index contributed by atoms with van der Waals surface area (Å²) >= 11 is 0. The monoisotopic (exact) mass is 316 g/mol. The summed E-state index contributed by atoms with van der Waals surface area (Å²) < 4.78 is 54.1. The third kappa shape index (κ3) is 3.43. The minimum Gasteiger partial charge on any atom is -0.315 e. The highest BCUT2D eigenvalue weighted by Gasteiger charge is 2.23. The first-order valence-electron chi connectivity index (χ1n) is 6.04. The van der Waals surface area contributed by atoms with Gasteiger partial charge in [-0.15, -0.1) is 0 Å². The Hall–Kier alpha value is -1.84. The van der Waals surface area contributed by atoms with Gasteiger partial charge in [0, 0.05) is 30.4 Å². The number of nitrogens with zero attached hydrogens (tertiary/aromatic N) is 1. The second-order valence-electron chi connectivity index (χ2n) is 4.30. The van der Waals surface area contributed by atoms with Gasteiger partial charge in [-0.05, 0) is 19.2 Å². The van der Waals surface area contributed by atoms with Gasteiger partial charge in [0.15, 0.2) is 5.82 Å². The maximum Gasteiger partial charge on any atom is 0.243 e. The molecular weight excluding hydrogens is 302 g/mol. The van der Waals surface area contributed by atoms with Crippen LogP contribution in [-0.2, 0) is 23.1 Å². The van der Waals surface area contributed by atoms with E-state index in [1.54, 1.807) is 0 Å². The van der Waals surface area contributed by atoms with E-state index < -0.39 is 26.6 Å². The number of halogens is 2. The molecule has 0 amide bonds. The summed E-state index contributed by atoms with van der Waals surface area (Å²) in [5.74, 6) is -1.89. The Bertz CT molecular complexity index is 717. The molecule has 0 saturated heterocycles. The molecule has 0 unspecified atom stereocenters. The largest absolute Gasteiger partial charge is 0.315 e. The average molecular weight is 316 g/mol.